The number of ether oxygens (including phenoxy) is 1. The molecule has 0 aliphatic carbocycles. The van der Waals surface area contributed by atoms with Gasteiger partial charge < -0.3 is 4.74 Å². The molecule has 4 heteroatoms. The van der Waals surface area contributed by atoms with E-state index in [0.717, 1.165) is 17.3 Å². The number of rotatable bonds is 4. The van der Waals surface area contributed by atoms with Gasteiger partial charge in [0, 0.05) is 5.92 Å². The number of nitrogens with zero attached hydrogens (tertiary/aromatic N) is 2. The van der Waals surface area contributed by atoms with Crippen LogP contribution in [-0.2, 0) is 5.88 Å². The van der Waals surface area contributed by atoms with E-state index in [1.165, 1.54) is 5.56 Å². The fourth-order valence-corrected chi connectivity index (χ4v) is 1.81. The molecule has 0 saturated carbocycles. The zero-order valence-electron chi connectivity index (χ0n) is 11.4. The Balaban J connectivity index is 2.27. The quantitative estimate of drug-likeness (QED) is 0.775. The molecule has 0 spiro atoms. The van der Waals surface area contributed by atoms with Gasteiger partial charge in [0.1, 0.15) is 17.3 Å². The van der Waals surface area contributed by atoms with E-state index in [1.807, 2.05) is 45.0 Å². The molecule has 0 saturated heterocycles. The van der Waals surface area contributed by atoms with Gasteiger partial charge in [0.15, 0.2) is 5.75 Å². The second-order valence-electron chi connectivity index (χ2n) is 4.74. The first-order valence-electron chi connectivity index (χ1n) is 6.26. The summed E-state index contributed by atoms with van der Waals surface area (Å²) < 4.78 is 5.78. The van der Waals surface area contributed by atoms with Crippen LogP contribution in [0, 0.1) is 6.92 Å². The molecule has 0 amide bonds. The minimum absolute atomic E-state index is 0.274. The predicted octanol–water partition coefficient (Wildman–Crippen LogP) is 4.44. The molecule has 1 heterocycles. The monoisotopic (exact) mass is 276 g/mol. The van der Waals surface area contributed by atoms with Gasteiger partial charge in [-0.2, -0.15) is 0 Å². The number of hydrogen-bond donors (Lipinski definition) is 0. The summed E-state index contributed by atoms with van der Waals surface area (Å²) in [6.45, 7) is 6.14. The normalized spacial score (nSPS) is 10.8. The number of hydrogen-bond acceptors (Lipinski definition) is 3. The molecule has 0 radical (unpaired) electrons. The van der Waals surface area contributed by atoms with Crippen LogP contribution in [0.25, 0.3) is 0 Å². The minimum atomic E-state index is 0.274. The molecule has 3 nitrogen and oxygen atoms in total. The number of alkyl halides is 1. The van der Waals surface area contributed by atoms with Crippen LogP contribution in [-0.4, -0.2) is 9.97 Å². The van der Waals surface area contributed by atoms with Crippen LogP contribution in [0.2, 0.25) is 0 Å². The molecule has 0 N–H and O–H groups in total. The second kappa shape index (κ2) is 6.02. The predicted molar refractivity (Wildman–Crippen MR) is 76.9 cm³/mol. The molecular weight excluding hydrogens is 260 g/mol. The lowest BCUT2D eigenvalue weighted by molar-refractivity contribution is 0.469. The van der Waals surface area contributed by atoms with Crippen LogP contribution >= 0.6 is 11.6 Å². The lowest BCUT2D eigenvalue weighted by Gasteiger charge is -2.11. The van der Waals surface area contributed by atoms with Crippen molar-refractivity contribution in [3.63, 3.8) is 0 Å². The zero-order valence-corrected chi connectivity index (χ0v) is 12.1. The van der Waals surface area contributed by atoms with E-state index in [-0.39, 0.29) is 5.92 Å². The third kappa shape index (κ3) is 3.44. The summed E-state index contributed by atoms with van der Waals surface area (Å²) in [4.78, 5) is 8.74. The molecule has 0 bridgehead atoms. The molecule has 100 valence electrons. The van der Waals surface area contributed by atoms with Crippen LogP contribution in [0.5, 0.6) is 11.5 Å². The summed E-state index contributed by atoms with van der Waals surface area (Å²) in [6, 6.07) is 7.84. The molecule has 0 aliphatic rings. The van der Waals surface area contributed by atoms with E-state index in [1.54, 1.807) is 6.20 Å². The molecule has 0 fully saturated rings. The number of aromatic nitrogens is 2. The summed E-state index contributed by atoms with van der Waals surface area (Å²) in [7, 11) is 0. The van der Waals surface area contributed by atoms with E-state index in [9.17, 15) is 0 Å². The lowest BCUT2D eigenvalue weighted by Crippen LogP contribution is -2.02. The number of aryl methyl sites for hydroxylation is 1. The molecule has 0 aliphatic heterocycles. The van der Waals surface area contributed by atoms with Gasteiger partial charge in [-0.15, -0.1) is 11.6 Å². The Morgan fingerprint density at radius 1 is 1.21 bits per heavy atom. The van der Waals surface area contributed by atoms with Gasteiger partial charge in [-0.05, 0) is 19.1 Å². The fourth-order valence-electron chi connectivity index (χ4n) is 1.61. The highest BCUT2D eigenvalue weighted by atomic mass is 35.5. The average Bonchev–Trinajstić information content (AvgIpc) is 2.41. The van der Waals surface area contributed by atoms with E-state index >= 15 is 0 Å². The summed E-state index contributed by atoms with van der Waals surface area (Å²) >= 11 is 5.93. The average molecular weight is 277 g/mol. The highest BCUT2D eigenvalue weighted by Crippen LogP contribution is 2.26. The Kier molecular flexibility index (Phi) is 4.38. The van der Waals surface area contributed by atoms with Gasteiger partial charge >= 0.3 is 0 Å². The van der Waals surface area contributed by atoms with Crippen molar-refractivity contribution in [1.29, 1.82) is 0 Å². The van der Waals surface area contributed by atoms with E-state index in [0.29, 0.717) is 11.6 Å². The first-order valence-corrected chi connectivity index (χ1v) is 6.80. The fraction of sp³-hybridized carbons (Fsp3) is 0.333. The first kappa shape index (κ1) is 13.8. The molecule has 1 aromatic heterocycles. The topological polar surface area (TPSA) is 35.0 Å². The molecule has 0 unspecified atom stereocenters. The molecular formula is C15H17ClN2O. The summed E-state index contributed by atoms with van der Waals surface area (Å²) in [5.74, 6) is 2.74. The first-order chi connectivity index (χ1) is 9.10. The van der Waals surface area contributed by atoms with Crippen molar-refractivity contribution in [3.8, 4) is 11.5 Å². The maximum absolute atomic E-state index is 5.93. The van der Waals surface area contributed by atoms with E-state index < -0.39 is 0 Å². The molecule has 0 atom stereocenters. The highest BCUT2D eigenvalue weighted by molar-refractivity contribution is 6.17. The minimum Gasteiger partial charge on any atom is -0.454 e. The standard InChI is InChI=1S/C15H17ClN2O/c1-10(2)15-17-9-14(13(8-16)18-15)19-12-6-4-11(3)5-7-12/h4-7,9-10H,8H2,1-3H3. The smallest absolute Gasteiger partial charge is 0.168 e. The van der Waals surface area contributed by atoms with Crippen molar-refractivity contribution < 1.29 is 4.74 Å². The molecule has 2 rings (SSSR count). The molecule has 1 aromatic carbocycles. The van der Waals surface area contributed by atoms with Gasteiger partial charge in [0.25, 0.3) is 0 Å². The summed E-state index contributed by atoms with van der Waals surface area (Å²) in [5.41, 5.74) is 1.91. The summed E-state index contributed by atoms with van der Waals surface area (Å²) in [6.07, 6.45) is 1.69. The number of halogens is 1. The Labute approximate surface area is 118 Å². The number of benzene rings is 1. The SMILES string of the molecule is Cc1ccc(Oc2cnc(C(C)C)nc2CCl)cc1. The Morgan fingerprint density at radius 2 is 1.89 bits per heavy atom. The Bertz CT molecular complexity index is 553. The van der Waals surface area contributed by atoms with Gasteiger partial charge in [0.2, 0.25) is 0 Å². The van der Waals surface area contributed by atoms with E-state index in [4.69, 9.17) is 16.3 Å². The van der Waals surface area contributed by atoms with Crippen LogP contribution in [0.3, 0.4) is 0 Å². The van der Waals surface area contributed by atoms with Crippen molar-refractivity contribution in [3.05, 3.63) is 47.5 Å². The highest BCUT2D eigenvalue weighted by Gasteiger charge is 2.10. The third-order valence-corrected chi connectivity index (χ3v) is 2.99. The third-order valence-electron chi connectivity index (χ3n) is 2.74. The van der Waals surface area contributed by atoms with E-state index in [2.05, 4.69) is 9.97 Å². The lowest BCUT2D eigenvalue weighted by atomic mass is 10.2. The van der Waals surface area contributed by atoms with Crippen LogP contribution < -0.4 is 4.74 Å². The maximum atomic E-state index is 5.93. The Hall–Kier alpha value is -1.61. The van der Waals surface area contributed by atoms with Crippen molar-refractivity contribution in [2.75, 3.05) is 0 Å². The van der Waals surface area contributed by atoms with Crippen LogP contribution in [0.15, 0.2) is 30.5 Å². The van der Waals surface area contributed by atoms with Crippen molar-refractivity contribution >= 4 is 11.6 Å². The zero-order chi connectivity index (χ0) is 13.8. The van der Waals surface area contributed by atoms with Crippen LogP contribution in [0.4, 0.5) is 0 Å². The maximum Gasteiger partial charge on any atom is 0.168 e. The molecule has 2 aromatic rings. The van der Waals surface area contributed by atoms with Gasteiger partial charge in [0.05, 0.1) is 12.1 Å². The van der Waals surface area contributed by atoms with Crippen molar-refractivity contribution in [1.82, 2.24) is 9.97 Å². The Morgan fingerprint density at radius 3 is 2.47 bits per heavy atom. The van der Waals surface area contributed by atoms with Crippen LogP contribution in [0.1, 0.15) is 36.8 Å². The van der Waals surface area contributed by atoms with Gasteiger partial charge in [-0.25, -0.2) is 9.97 Å². The second-order valence-corrected chi connectivity index (χ2v) is 5.01. The van der Waals surface area contributed by atoms with Crippen molar-refractivity contribution in [2.45, 2.75) is 32.6 Å². The van der Waals surface area contributed by atoms with Crippen molar-refractivity contribution in [2.24, 2.45) is 0 Å². The van der Waals surface area contributed by atoms with Gasteiger partial charge in [-0.1, -0.05) is 31.5 Å². The van der Waals surface area contributed by atoms with Gasteiger partial charge in [-0.3, -0.25) is 0 Å². The summed E-state index contributed by atoms with van der Waals surface area (Å²) in [5, 5.41) is 0. The largest absolute Gasteiger partial charge is 0.454 e. The molecule has 19 heavy (non-hydrogen) atoms.